The van der Waals surface area contributed by atoms with Crippen molar-refractivity contribution < 1.29 is 0 Å². The zero-order valence-electron chi connectivity index (χ0n) is 9.97. The van der Waals surface area contributed by atoms with E-state index in [1.165, 1.54) is 22.0 Å². The first-order chi connectivity index (χ1) is 7.06. The van der Waals surface area contributed by atoms with E-state index in [1.807, 2.05) is 7.05 Å². The molecule has 1 N–H and O–H groups in total. The maximum atomic E-state index is 3.67. The van der Waals surface area contributed by atoms with Gasteiger partial charge in [0.25, 0.3) is 0 Å². The lowest BCUT2D eigenvalue weighted by atomic mass is 9.96. The molecule has 0 aliphatic carbocycles. The second-order valence-corrected chi connectivity index (χ2v) is 5.24. The van der Waals surface area contributed by atoms with E-state index >= 15 is 0 Å². The number of benzene rings is 1. The van der Waals surface area contributed by atoms with Gasteiger partial charge in [-0.2, -0.15) is 0 Å². The summed E-state index contributed by atoms with van der Waals surface area (Å²) in [6.45, 7) is 6.65. The van der Waals surface area contributed by atoms with Gasteiger partial charge < -0.3 is 5.32 Å². The lowest BCUT2D eigenvalue weighted by molar-refractivity contribution is 0.455. The predicted octanol–water partition coefficient (Wildman–Crippen LogP) is 4.06. The van der Waals surface area contributed by atoms with Crippen LogP contribution >= 0.6 is 15.9 Å². The number of rotatable bonds is 4. The summed E-state index contributed by atoms with van der Waals surface area (Å²) < 4.78 is 1.24. The van der Waals surface area contributed by atoms with Crippen molar-refractivity contribution in [2.45, 2.75) is 33.2 Å². The van der Waals surface area contributed by atoms with Gasteiger partial charge >= 0.3 is 0 Å². The Morgan fingerprint density at radius 1 is 1.33 bits per heavy atom. The van der Waals surface area contributed by atoms with Crippen LogP contribution in [0.25, 0.3) is 0 Å². The van der Waals surface area contributed by atoms with Crippen LogP contribution in [-0.2, 0) is 0 Å². The molecule has 2 heteroatoms. The van der Waals surface area contributed by atoms with Crippen molar-refractivity contribution in [3.8, 4) is 0 Å². The second kappa shape index (κ2) is 5.66. The average molecular weight is 270 g/mol. The van der Waals surface area contributed by atoms with E-state index in [4.69, 9.17) is 0 Å². The van der Waals surface area contributed by atoms with Gasteiger partial charge in [-0.1, -0.05) is 48.0 Å². The number of hydrogen-bond acceptors (Lipinski definition) is 1. The lowest BCUT2D eigenvalue weighted by Crippen LogP contribution is -2.18. The molecule has 0 fully saturated rings. The van der Waals surface area contributed by atoms with Gasteiger partial charge in [0.05, 0.1) is 0 Å². The third-order valence-electron chi connectivity index (χ3n) is 2.65. The molecule has 1 unspecified atom stereocenters. The van der Waals surface area contributed by atoms with Crippen molar-refractivity contribution in [1.82, 2.24) is 5.32 Å². The third kappa shape index (κ3) is 3.32. The normalized spacial score (nSPS) is 13.2. The first-order valence-electron chi connectivity index (χ1n) is 5.48. The van der Waals surface area contributed by atoms with Crippen LogP contribution in [0.5, 0.6) is 0 Å². The minimum Gasteiger partial charge on any atom is -0.313 e. The van der Waals surface area contributed by atoms with Crippen LogP contribution in [0.4, 0.5) is 0 Å². The van der Waals surface area contributed by atoms with Crippen LogP contribution in [0.2, 0.25) is 0 Å². The molecule has 1 aromatic rings. The first-order valence-corrected chi connectivity index (χ1v) is 6.27. The molecule has 1 rings (SSSR count). The highest BCUT2D eigenvalue weighted by Crippen LogP contribution is 2.29. The fraction of sp³-hybridized carbons (Fsp3) is 0.538. The fourth-order valence-corrected chi connectivity index (χ4v) is 2.35. The average Bonchev–Trinajstić information content (AvgIpc) is 2.19. The summed E-state index contributed by atoms with van der Waals surface area (Å²) in [5.74, 6) is 0.704. The third-order valence-corrected chi connectivity index (χ3v) is 3.74. The van der Waals surface area contributed by atoms with E-state index in [0.717, 1.165) is 0 Å². The highest BCUT2D eigenvalue weighted by molar-refractivity contribution is 9.10. The first kappa shape index (κ1) is 12.7. The molecular formula is C13H20BrN. The van der Waals surface area contributed by atoms with Crippen LogP contribution in [0, 0.1) is 12.8 Å². The summed E-state index contributed by atoms with van der Waals surface area (Å²) in [6.07, 6.45) is 1.17. The Morgan fingerprint density at radius 2 is 2.00 bits per heavy atom. The lowest BCUT2D eigenvalue weighted by Gasteiger charge is -2.20. The summed E-state index contributed by atoms with van der Waals surface area (Å²) in [5, 5.41) is 3.39. The standard InChI is InChI=1S/C13H20BrN/c1-9(2)8-12(15-4)11-7-5-6-10(3)13(11)14/h5-7,9,12,15H,8H2,1-4H3. The number of nitrogens with one attached hydrogen (secondary N) is 1. The highest BCUT2D eigenvalue weighted by Gasteiger charge is 2.14. The van der Waals surface area contributed by atoms with Gasteiger partial charge in [0.15, 0.2) is 0 Å². The topological polar surface area (TPSA) is 12.0 Å². The van der Waals surface area contributed by atoms with Crippen molar-refractivity contribution in [2.75, 3.05) is 7.05 Å². The number of halogens is 1. The summed E-state index contributed by atoms with van der Waals surface area (Å²) in [5.41, 5.74) is 2.67. The van der Waals surface area contributed by atoms with Crippen LogP contribution < -0.4 is 5.32 Å². The number of hydrogen-bond donors (Lipinski definition) is 1. The van der Waals surface area contributed by atoms with E-state index in [0.29, 0.717) is 12.0 Å². The quantitative estimate of drug-likeness (QED) is 0.869. The Labute approximate surface area is 101 Å². The summed E-state index contributed by atoms with van der Waals surface area (Å²) in [4.78, 5) is 0. The Kier molecular flexibility index (Phi) is 4.81. The van der Waals surface area contributed by atoms with E-state index in [-0.39, 0.29) is 0 Å². The minimum atomic E-state index is 0.444. The molecule has 0 aliphatic heterocycles. The molecule has 0 radical (unpaired) electrons. The Bertz CT molecular complexity index is 320. The Morgan fingerprint density at radius 3 is 2.53 bits per heavy atom. The minimum absolute atomic E-state index is 0.444. The monoisotopic (exact) mass is 269 g/mol. The van der Waals surface area contributed by atoms with E-state index in [9.17, 15) is 0 Å². The SMILES string of the molecule is CNC(CC(C)C)c1cccc(C)c1Br. The van der Waals surface area contributed by atoms with Crippen LogP contribution in [0.15, 0.2) is 22.7 Å². The van der Waals surface area contributed by atoms with Gasteiger partial charge in [-0.15, -0.1) is 0 Å². The summed E-state index contributed by atoms with van der Waals surface area (Å²) in [6, 6.07) is 6.90. The molecule has 0 spiro atoms. The predicted molar refractivity (Wildman–Crippen MR) is 70.1 cm³/mol. The molecule has 1 nitrogen and oxygen atoms in total. The maximum Gasteiger partial charge on any atom is 0.0331 e. The molecule has 0 bridgehead atoms. The molecule has 84 valence electrons. The van der Waals surface area contributed by atoms with Crippen molar-refractivity contribution >= 4 is 15.9 Å². The molecule has 1 aromatic carbocycles. The highest BCUT2D eigenvalue weighted by atomic mass is 79.9. The van der Waals surface area contributed by atoms with Crippen molar-refractivity contribution in [3.63, 3.8) is 0 Å². The van der Waals surface area contributed by atoms with Crippen LogP contribution in [-0.4, -0.2) is 7.05 Å². The fourth-order valence-electron chi connectivity index (χ4n) is 1.81. The maximum absolute atomic E-state index is 3.67. The molecular weight excluding hydrogens is 250 g/mol. The largest absolute Gasteiger partial charge is 0.313 e. The van der Waals surface area contributed by atoms with Crippen LogP contribution in [0.3, 0.4) is 0 Å². The van der Waals surface area contributed by atoms with Gasteiger partial charge in [0.2, 0.25) is 0 Å². The van der Waals surface area contributed by atoms with E-state index < -0.39 is 0 Å². The molecule has 1 atom stereocenters. The van der Waals surface area contributed by atoms with Gasteiger partial charge in [0, 0.05) is 10.5 Å². The van der Waals surface area contributed by atoms with Gasteiger partial charge in [-0.3, -0.25) is 0 Å². The number of aryl methyl sites for hydroxylation is 1. The van der Waals surface area contributed by atoms with E-state index in [1.54, 1.807) is 0 Å². The zero-order chi connectivity index (χ0) is 11.4. The Hall–Kier alpha value is -0.340. The molecule has 0 saturated carbocycles. The van der Waals surface area contributed by atoms with Gasteiger partial charge in [-0.25, -0.2) is 0 Å². The smallest absolute Gasteiger partial charge is 0.0331 e. The Balaban J connectivity index is 2.96. The van der Waals surface area contributed by atoms with Gasteiger partial charge in [0.1, 0.15) is 0 Å². The molecule has 0 saturated heterocycles. The summed E-state index contributed by atoms with van der Waals surface area (Å²) in [7, 11) is 2.03. The van der Waals surface area contributed by atoms with E-state index in [2.05, 4.69) is 60.2 Å². The summed E-state index contributed by atoms with van der Waals surface area (Å²) >= 11 is 3.67. The molecule has 0 amide bonds. The van der Waals surface area contributed by atoms with Crippen LogP contribution in [0.1, 0.15) is 37.4 Å². The van der Waals surface area contributed by atoms with Crippen molar-refractivity contribution in [1.29, 1.82) is 0 Å². The van der Waals surface area contributed by atoms with Crippen molar-refractivity contribution in [2.24, 2.45) is 5.92 Å². The molecule has 0 aliphatic rings. The second-order valence-electron chi connectivity index (χ2n) is 4.45. The van der Waals surface area contributed by atoms with Crippen molar-refractivity contribution in [3.05, 3.63) is 33.8 Å². The molecule has 0 heterocycles. The van der Waals surface area contributed by atoms with Gasteiger partial charge in [-0.05, 0) is 37.4 Å². The molecule has 0 aromatic heterocycles. The molecule has 15 heavy (non-hydrogen) atoms. The zero-order valence-corrected chi connectivity index (χ0v) is 11.6.